The summed E-state index contributed by atoms with van der Waals surface area (Å²) in [4.78, 5) is 11.2. The highest BCUT2D eigenvalue weighted by Gasteiger charge is 2.22. The number of aliphatic hydroxyl groups is 1. The second-order valence-corrected chi connectivity index (χ2v) is 8.87. The van der Waals surface area contributed by atoms with E-state index in [1.807, 2.05) is 48.5 Å². The molecule has 11 heteroatoms. The van der Waals surface area contributed by atoms with Crippen LogP contribution in [-0.4, -0.2) is 70.7 Å². The molecule has 2 aromatic heterocycles. The monoisotopic (exact) mass is 512 g/mol. The maximum atomic E-state index is 13.2. The van der Waals surface area contributed by atoms with Crippen molar-refractivity contribution in [3.63, 3.8) is 0 Å². The number of aryl methyl sites for hydroxylation is 1. The Hall–Kier alpha value is -3.83. The van der Waals surface area contributed by atoms with Crippen LogP contribution in [-0.2, 0) is 7.05 Å². The zero-order valence-corrected chi connectivity index (χ0v) is 21.2. The number of methoxy groups -OCH3 is 2. The molecule has 0 aliphatic carbocycles. The first kappa shape index (κ1) is 26.2. The van der Waals surface area contributed by atoms with Gasteiger partial charge in [0.25, 0.3) is 5.92 Å². The summed E-state index contributed by atoms with van der Waals surface area (Å²) >= 11 is 0. The van der Waals surface area contributed by atoms with Gasteiger partial charge < -0.3 is 24.8 Å². The van der Waals surface area contributed by atoms with E-state index in [0.29, 0.717) is 33.9 Å². The van der Waals surface area contributed by atoms with Crippen molar-refractivity contribution >= 4 is 22.4 Å². The molecule has 9 nitrogen and oxygen atoms in total. The molecule has 0 aliphatic heterocycles. The summed E-state index contributed by atoms with van der Waals surface area (Å²) in [5.74, 6) is -1.74. The predicted octanol–water partition coefficient (Wildman–Crippen LogP) is 3.79. The summed E-state index contributed by atoms with van der Waals surface area (Å²) in [6.07, 6.45) is 4.32. The first-order valence-electron chi connectivity index (χ1n) is 11.7. The zero-order valence-electron chi connectivity index (χ0n) is 21.2. The molecule has 2 heterocycles. The summed E-state index contributed by atoms with van der Waals surface area (Å²) < 4.78 is 39.0. The maximum Gasteiger partial charge on any atom is 0.257 e. The molecule has 0 fully saturated rings. The molecule has 196 valence electrons. The van der Waals surface area contributed by atoms with Crippen LogP contribution in [0.4, 0.5) is 20.2 Å². The van der Waals surface area contributed by atoms with Crippen LogP contribution in [0.15, 0.2) is 55.0 Å². The first-order chi connectivity index (χ1) is 17.6. The van der Waals surface area contributed by atoms with Crippen LogP contribution >= 0.6 is 0 Å². The molecular weight excluding hydrogens is 482 g/mol. The number of benzene rings is 2. The lowest BCUT2D eigenvalue weighted by Crippen LogP contribution is -2.40. The van der Waals surface area contributed by atoms with Gasteiger partial charge in [-0.3, -0.25) is 9.67 Å². The number of aliphatic hydroxyl groups excluding tert-OH is 1. The number of ether oxygens (including phenoxy) is 2. The molecule has 37 heavy (non-hydrogen) atoms. The van der Waals surface area contributed by atoms with Crippen molar-refractivity contribution in [1.82, 2.24) is 25.1 Å². The molecule has 0 radical (unpaired) electrons. The van der Waals surface area contributed by atoms with Crippen molar-refractivity contribution < 1.29 is 23.4 Å². The molecule has 0 amide bonds. The Kier molecular flexibility index (Phi) is 7.84. The van der Waals surface area contributed by atoms with Gasteiger partial charge in [-0.1, -0.05) is 0 Å². The number of fused-ring (bicyclic) bond motifs is 1. The van der Waals surface area contributed by atoms with E-state index in [2.05, 4.69) is 15.4 Å². The molecule has 2 aromatic carbocycles. The van der Waals surface area contributed by atoms with Crippen LogP contribution < -0.4 is 19.7 Å². The summed E-state index contributed by atoms with van der Waals surface area (Å²) in [6, 6.07) is 10.9. The Morgan fingerprint density at radius 1 is 1.05 bits per heavy atom. The lowest BCUT2D eigenvalue weighted by molar-refractivity contribution is 0.0199. The van der Waals surface area contributed by atoms with Gasteiger partial charge in [0.15, 0.2) is 0 Å². The molecule has 1 atom stereocenters. The van der Waals surface area contributed by atoms with Crippen LogP contribution in [0.3, 0.4) is 0 Å². The third-order valence-electron chi connectivity index (χ3n) is 5.69. The van der Waals surface area contributed by atoms with E-state index >= 15 is 0 Å². The number of hydrogen-bond donors (Lipinski definition) is 2. The quantitative estimate of drug-likeness (QED) is 0.313. The molecule has 4 aromatic rings. The Labute approximate surface area is 213 Å². The molecule has 0 saturated heterocycles. The average Bonchev–Trinajstić information content (AvgIpc) is 3.31. The van der Waals surface area contributed by atoms with Gasteiger partial charge in [0, 0.05) is 61.9 Å². The molecule has 0 aliphatic rings. The fourth-order valence-electron chi connectivity index (χ4n) is 3.90. The normalized spacial score (nSPS) is 12.5. The third kappa shape index (κ3) is 6.69. The van der Waals surface area contributed by atoms with E-state index in [1.54, 1.807) is 37.4 Å². The first-order valence-corrected chi connectivity index (χ1v) is 11.7. The fraction of sp³-hybridized carbons (Fsp3) is 0.346. The number of hydrogen-bond acceptors (Lipinski definition) is 8. The van der Waals surface area contributed by atoms with Gasteiger partial charge in [-0.05, 0) is 18.2 Å². The fourth-order valence-corrected chi connectivity index (χ4v) is 3.90. The van der Waals surface area contributed by atoms with Crippen LogP contribution in [0.5, 0.6) is 11.5 Å². The minimum atomic E-state index is -2.87. The van der Waals surface area contributed by atoms with E-state index in [4.69, 9.17) is 14.5 Å². The van der Waals surface area contributed by atoms with Crippen LogP contribution in [0, 0.1) is 0 Å². The number of aromatic nitrogens is 4. The van der Waals surface area contributed by atoms with Crippen molar-refractivity contribution in [3.05, 3.63) is 55.0 Å². The van der Waals surface area contributed by atoms with Crippen molar-refractivity contribution in [2.45, 2.75) is 19.0 Å². The summed E-state index contributed by atoms with van der Waals surface area (Å²) in [7, 11) is 4.94. The highest BCUT2D eigenvalue weighted by Crippen LogP contribution is 2.34. The summed E-state index contributed by atoms with van der Waals surface area (Å²) in [6.45, 7) is 0.399. The van der Waals surface area contributed by atoms with Gasteiger partial charge in [0.1, 0.15) is 11.5 Å². The summed E-state index contributed by atoms with van der Waals surface area (Å²) in [5, 5.41) is 17.6. The standard InChI is InChI=1S/C26H30F2N6O3/c1-26(27,28)16-29-12-20(35)15-34(19-7-21(36-3)10-22(8-19)37-4)18-5-6-23-24(9-18)32-25(13-30-23)17-11-31-33(2)14-17/h5-11,13-14,20,29,35H,12,15-16H2,1-4H3/t20-/m1/s1. The van der Waals surface area contributed by atoms with Gasteiger partial charge in [0.2, 0.25) is 0 Å². The predicted molar refractivity (Wildman–Crippen MR) is 138 cm³/mol. The largest absolute Gasteiger partial charge is 0.497 e. The van der Waals surface area contributed by atoms with Crippen LogP contribution in [0.25, 0.3) is 22.3 Å². The minimum Gasteiger partial charge on any atom is -0.497 e. The van der Waals surface area contributed by atoms with Gasteiger partial charge in [-0.25, -0.2) is 13.8 Å². The molecule has 0 saturated carbocycles. The van der Waals surface area contributed by atoms with Crippen molar-refractivity contribution in [3.8, 4) is 22.8 Å². The van der Waals surface area contributed by atoms with Crippen molar-refractivity contribution in [2.75, 3.05) is 38.8 Å². The van der Waals surface area contributed by atoms with E-state index in [9.17, 15) is 13.9 Å². The molecule has 0 spiro atoms. The minimum absolute atomic E-state index is 0.0143. The number of nitrogens with one attached hydrogen (secondary N) is 1. The smallest absolute Gasteiger partial charge is 0.257 e. The van der Waals surface area contributed by atoms with Gasteiger partial charge >= 0.3 is 0 Å². The molecular formula is C26H30F2N6O3. The average molecular weight is 513 g/mol. The molecule has 4 rings (SSSR count). The Balaban J connectivity index is 1.71. The van der Waals surface area contributed by atoms with Crippen molar-refractivity contribution in [2.24, 2.45) is 7.05 Å². The second kappa shape index (κ2) is 11.1. The van der Waals surface area contributed by atoms with Crippen LogP contribution in [0.1, 0.15) is 6.92 Å². The van der Waals surface area contributed by atoms with Gasteiger partial charge in [0.05, 0.1) is 62.5 Å². The van der Waals surface area contributed by atoms with E-state index < -0.39 is 18.6 Å². The Morgan fingerprint density at radius 2 is 1.78 bits per heavy atom. The van der Waals surface area contributed by atoms with E-state index in [0.717, 1.165) is 18.2 Å². The maximum absolute atomic E-state index is 13.2. The summed E-state index contributed by atoms with van der Waals surface area (Å²) in [5.41, 5.74) is 4.28. The van der Waals surface area contributed by atoms with Crippen LogP contribution in [0.2, 0.25) is 0 Å². The highest BCUT2D eigenvalue weighted by molar-refractivity contribution is 5.82. The SMILES string of the molecule is COc1cc(OC)cc(N(C[C@H](O)CNCC(C)(F)F)c2ccc3ncc(-c4cnn(C)c4)nc3c2)c1. The lowest BCUT2D eigenvalue weighted by Gasteiger charge is -2.28. The van der Waals surface area contributed by atoms with E-state index in [1.165, 1.54) is 0 Å². The number of nitrogens with zero attached hydrogens (tertiary/aromatic N) is 5. The zero-order chi connectivity index (χ0) is 26.6. The number of alkyl halides is 2. The van der Waals surface area contributed by atoms with Crippen molar-refractivity contribution in [1.29, 1.82) is 0 Å². The number of anilines is 2. The second-order valence-electron chi connectivity index (χ2n) is 8.87. The Morgan fingerprint density at radius 3 is 2.41 bits per heavy atom. The number of rotatable bonds is 11. The lowest BCUT2D eigenvalue weighted by atomic mass is 10.1. The Bertz CT molecular complexity index is 1340. The molecule has 0 bridgehead atoms. The third-order valence-corrected chi connectivity index (χ3v) is 5.69. The molecule has 0 unspecified atom stereocenters. The van der Waals surface area contributed by atoms with Gasteiger partial charge in [-0.2, -0.15) is 5.10 Å². The van der Waals surface area contributed by atoms with E-state index in [-0.39, 0.29) is 13.1 Å². The molecule has 2 N–H and O–H groups in total. The highest BCUT2D eigenvalue weighted by atomic mass is 19.3. The topological polar surface area (TPSA) is 97.6 Å². The van der Waals surface area contributed by atoms with Gasteiger partial charge in [-0.15, -0.1) is 0 Å². The number of halogens is 2.